The predicted octanol–water partition coefficient (Wildman–Crippen LogP) is 13.7. The quantitative estimate of drug-likeness (QED) is 0.0153. The van der Waals surface area contributed by atoms with Crippen LogP contribution < -0.4 is 41.9 Å². The molecule has 0 saturated carbocycles. The van der Waals surface area contributed by atoms with Gasteiger partial charge in [-0.3, -0.25) is 38.4 Å². The van der Waals surface area contributed by atoms with Gasteiger partial charge in [-0.15, -0.1) is 0 Å². The highest BCUT2D eigenvalue weighted by Gasteiger charge is 2.37. The van der Waals surface area contributed by atoms with E-state index in [1.165, 1.54) is 12.1 Å². The topological polar surface area (TPSA) is 446 Å². The van der Waals surface area contributed by atoms with Gasteiger partial charge >= 0.3 is 23.9 Å². The molecule has 668 valence electrons. The summed E-state index contributed by atoms with van der Waals surface area (Å²) in [5.41, 5.74) is 42.4. The summed E-state index contributed by atoms with van der Waals surface area (Å²) in [6, 6.07) is 49.0. The number of nitrogens with zero attached hydrogens (tertiary/aromatic N) is 4. The Hall–Kier alpha value is -14.8. The van der Waals surface area contributed by atoms with Crippen molar-refractivity contribution in [1.82, 2.24) is 18.3 Å². The number of aryl methyl sites for hydroxylation is 8. The number of carboxylic acids is 4. The Labute approximate surface area is 752 Å². The van der Waals surface area contributed by atoms with E-state index in [4.69, 9.17) is 52.1 Å². The highest BCUT2D eigenvalue weighted by atomic mass is 79.9. The van der Waals surface area contributed by atoms with E-state index in [0.717, 1.165) is 188 Å². The molecule has 30 heteroatoms. The first-order valence-corrected chi connectivity index (χ1v) is 43.3. The van der Waals surface area contributed by atoms with Crippen LogP contribution in [0.3, 0.4) is 0 Å². The molecule has 4 aliphatic rings. The van der Waals surface area contributed by atoms with Crippen LogP contribution in [-0.4, -0.2) is 136 Å². The van der Waals surface area contributed by atoms with Crippen LogP contribution in [0.5, 0.6) is 23.0 Å². The van der Waals surface area contributed by atoms with Crippen LogP contribution in [0.25, 0.3) is 54.7 Å². The molecule has 13 aromatic rings. The predicted molar refractivity (Wildman–Crippen MR) is 486 cm³/mol. The molecule has 4 amide bonds. The van der Waals surface area contributed by atoms with E-state index < -0.39 is 97.1 Å². The fraction of sp³-hybridized carbons (Fsp3) is 0.260. The number of nitrogens with two attached hydrogens (primary N) is 4. The normalized spacial score (nSPS) is 12.7. The SMILES string of the molecule is CCc1c(C(=O)C(N)=O)c2c(OCC(=O)O)cc3c(c2n1Cc1ccccc1)CCCC3.Cc1c(C(=O)C(N)=O)c2c(OCC(=O)O)cc3c(c2n1Cc1ccc(F)cc1)CCC3.Cc1c(C(=O)C(N)=O)c2c(OCC(=O)O)cc3c(c2n1Cc1ccccc1-c1ccccc1)CCC3.Cc1c(C(=O)C(N)=O)c2c(OCC(=O)O)cc3c(c2n1Cc1ccccc1Br)CCC3. The number of rotatable bonds is 30. The zero-order valence-electron chi connectivity index (χ0n) is 71.7. The fourth-order valence-electron chi connectivity index (χ4n) is 18.7. The van der Waals surface area contributed by atoms with E-state index in [1.807, 2.05) is 124 Å². The minimum atomic E-state index is -1.15. The van der Waals surface area contributed by atoms with E-state index in [2.05, 4.69) is 38.7 Å². The van der Waals surface area contributed by atoms with Crippen LogP contribution in [-0.2, 0) is 122 Å². The number of carbonyl (C=O) groups excluding carboxylic acids is 8. The van der Waals surface area contributed by atoms with Crippen molar-refractivity contribution in [2.45, 2.75) is 144 Å². The van der Waals surface area contributed by atoms with Gasteiger partial charge in [0.2, 0.25) is 0 Å². The van der Waals surface area contributed by atoms with Crippen molar-refractivity contribution in [3.63, 3.8) is 0 Å². The van der Waals surface area contributed by atoms with E-state index in [9.17, 15) is 72.1 Å². The average Bonchev–Trinajstić information content (AvgIpc) is 1.59. The monoisotopic (exact) mass is 1820 g/mol. The number of Topliss-reactive ketones (excluding diaryl/α,β-unsaturated/α-hetero) is 4. The molecular weight excluding hydrogens is 1730 g/mol. The molecule has 4 aromatic heterocycles. The number of amides is 4. The highest BCUT2D eigenvalue weighted by molar-refractivity contribution is 9.10. The molecule has 0 atom stereocenters. The second kappa shape index (κ2) is 39.2. The average molecular weight is 1830 g/mol. The first-order valence-electron chi connectivity index (χ1n) is 42.5. The van der Waals surface area contributed by atoms with Gasteiger partial charge in [-0.2, -0.15) is 0 Å². The van der Waals surface area contributed by atoms with Crippen molar-refractivity contribution in [2.24, 2.45) is 22.9 Å². The molecule has 12 N–H and O–H groups in total. The van der Waals surface area contributed by atoms with E-state index in [0.29, 0.717) is 82.7 Å². The van der Waals surface area contributed by atoms with Crippen molar-refractivity contribution < 1.29 is 101 Å². The molecule has 9 aromatic carbocycles. The highest BCUT2D eigenvalue weighted by Crippen LogP contribution is 2.48. The lowest BCUT2D eigenvalue weighted by molar-refractivity contribution is -0.140. The van der Waals surface area contributed by atoms with Crippen LogP contribution in [0.4, 0.5) is 4.39 Å². The summed E-state index contributed by atoms with van der Waals surface area (Å²) in [6.45, 7) is 6.75. The van der Waals surface area contributed by atoms with Gasteiger partial charge in [0.25, 0.3) is 46.8 Å². The number of hydrogen-bond donors (Lipinski definition) is 8. The largest absolute Gasteiger partial charge is 0.481 e. The summed E-state index contributed by atoms with van der Waals surface area (Å²) in [5.74, 6) is -11.3. The first kappa shape index (κ1) is 91.4. The Morgan fingerprint density at radius 1 is 0.362 bits per heavy atom. The Bertz CT molecular complexity index is 6820. The number of aliphatic carboxylic acids is 4. The van der Waals surface area contributed by atoms with Gasteiger partial charge in [-0.25, -0.2) is 23.6 Å². The lowest BCUT2D eigenvalue weighted by Crippen LogP contribution is -2.24. The smallest absolute Gasteiger partial charge is 0.341 e. The maximum atomic E-state index is 13.4. The van der Waals surface area contributed by atoms with Gasteiger partial charge in [0, 0.05) is 53.4 Å². The second-order valence-electron chi connectivity index (χ2n) is 32.3. The molecule has 130 heavy (non-hydrogen) atoms. The molecule has 4 aliphatic carbocycles. The van der Waals surface area contributed by atoms with E-state index >= 15 is 0 Å². The number of fused-ring (bicyclic) bond motifs is 12. The third kappa shape index (κ3) is 18.7. The summed E-state index contributed by atoms with van der Waals surface area (Å²) in [5, 5.41) is 38.4. The van der Waals surface area contributed by atoms with Crippen LogP contribution in [0, 0.1) is 26.6 Å². The van der Waals surface area contributed by atoms with Crippen molar-refractivity contribution >= 4 is 130 Å². The number of carboxylic acid groups (broad SMARTS) is 4. The number of ketones is 4. The minimum Gasteiger partial charge on any atom is -0.481 e. The Kier molecular flexibility index (Phi) is 27.6. The molecule has 0 fully saturated rings. The maximum Gasteiger partial charge on any atom is 0.341 e. The standard InChI is InChI=1S/C29H26N2O5.C25H26N2O5.C23H21BrN2O5.C23H21FN2O5/c1-17-25(28(34)29(30)35)26-23(36-16-24(32)33)14-19-11-7-13-22(19)27(26)31(17)15-20-10-5-6-12-21(20)18-8-3-2-4-9-18;1-2-18-21(24(30)25(26)31)22-19(32-14-20(28)29)12-16-10-6-7-11-17(16)23(22)27(18)13-15-8-4-3-5-9-15;1-12-19(22(29)23(25)30)20-17(31-11-18(27)28)9-13-6-4-7-15(13)21(20)26(12)10-14-5-2-3-8-16(14)24;1-12-19(22(29)23(25)30)20-17(31-11-18(27)28)9-14-3-2-4-16(14)21(20)26(12)10-13-5-7-15(24)8-6-13/h2-6,8-10,12,14H,7,11,13,15-16H2,1H3,(H2,30,35)(H,32,33);3-5,8-9,12H,2,6-7,10-11,13-14H2,1H3,(H2,26,31)(H,28,29);2-3,5,8-9H,4,6-7,10-11H2,1H3,(H2,25,30)(H,27,28);5-9H,2-4,10-11H2,1H3,(H2,25,30)(H,27,28). The third-order valence-electron chi connectivity index (χ3n) is 24.3. The Morgan fingerprint density at radius 2 is 0.669 bits per heavy atom. The number of benzene rings is 9. The van der Waals surface area contributed by atoms with Crippen molar-refractivity contribution in [2.75, 3.05) is 26.4 Å². The molecule has 28 nitrogen and oxygen atoms in total. The van der Waals surface area contributed by atoms with Crippen molar-refractivity contribution in [1.29, 1.82) is 0 Å². The van der Waals surface area contributed by atoms with Crippen molar-refractivity contribution in [3.05, 3.63) is 280 Å². The van der Waals surface area contributed by atoms with Gasteiger partial charge in [0.15, 0.2) is 26.4 Å². The van der Waals surface area contributed by atoms with Crippen LogP contribution in [0.1, 0.15) is 170 Å². The van der Waals surface area contributed by atoms with Crippen LogP contribution in [0.2, 0.25) is 0 Å². The van der Waals surface area contributed by atoms with Gasteiger partial charge in [-0.1, -0.05) is 138 Å². The van der Waals surface area contributed by atoms with Crippen LogP contribution in [0.15, 0.2) is 162 Å². The summed E-state index contributed by atoms with van der Waals surface area (Å²) in [6.07, 6.45) is 12.0. The molecule has 0 unspecified atom stereocenters. The molecule has 17 rings (SSSR count). The van der Waals surface area contributed by atoms with Gasteiger partial charge in [0.05, 0.1) is 65.9 Å². The fourth-order valence-corrected chi connectivity index (χ4v) is 19.2. The molecule has 0 radical (unpaired) electrons. The summed E-state index contributed by atoms with van der Waals surface area (Å²) < 4.78 is 44.8. The zero-order valence-corrected chi connectivity index (χ0v) is 73.3. The van der Waals surface area contributed by atoms with Gasteiger partial charge in [0.1, 0.15) is 28.8 Å². The van der Waals surface area contributed by atoms with Gasteiger partial charge < -0.3 is 80.6 Å². The second-order valence-corrected chi connectivity index (χ2v) is 33.2. The lowest BCUT2D eigenvalue weighted by atomic mass is 9.88. The minimum absolute atomic E-state index is 0.111. The summed E-state index contributed by atoms with van der Waals surface area (Å²) in [7, 11) is 0. The summed E-state index contributed by atoms with van der Waals surface area (Å²) >= 11 is 3.57. The molecule has 4 heterocycles. The molecular formula is C100H94BrFN8O20. The van der Waals surface area contributed by atoms with E-state index in [1.54, 1.807) is 45.0 Å². The van der Waals surface area contributed by atoms with Gasteiger partial charge in [-0.05, 0) is 231 Å². The third-order valence-corrected chi connectivity index (χ3v) is 25.1. The first-order chi connectivity index (χ1) is 62.3. The number of ether oxygens (including phenoxy) is 4. The Morgan fingerprint density at radius 3 is 1.06 bits per heavy atom. The Balaban J connectivity index is 0.000000140. The number of primary amides is 4. The summed E-state index contributed by atoms with van der Waals surface area (Å²) in [4.78, 5) is 144. The molecule has 0 spiro atoms. The lowest BCUT2D eigenvalue weighted by Gasteiger charge is -2.21. The number of halogens is 2. The molecule has 0 bridgehead atoms. The van der Waals surface area contributed by atoms with Crippen molar-refractivity contribution in [3.8, 4) is 34.1 Å². The maximum absolute atomic E-state index is 13.4. The number of carbonyl (C=O) groups is 12. The zero-order chi connectivity index (χ0) is 92.8. The number of aromatic nitrogens is 4. The van der Waals surface area contributed by atoms with Crippen LogP contribution >= 0.6 is 15.9 Å². The molecule has 0 aliphatic heterocycles. The van der Waals surface area contributed by atoms with E-state index in [-0.39, 0.29) is 45.3 Å². The molecule has 0 saturated heterocycles. The number of hydrogen-bond acceptors (Lipinski definition) is 16.